The number of aromatic nitrogens is 1. The van der Waals surface area contributed by atoms with Crippen LogP contribution in [0.2, 0.25) is 0 Å². The average molecular weight is 187 g/mol. The average Bonchev–Trinajstić information content (AvgIpc) is 2.20. The zero-order valence-electron chi connectivity index (χ0n) is 7.59. The molecule has 70 valence electrons. The van der Waals surface area contributed by atoms with E-state index in [1.807, 2.05) is 36.4 Å². The van der Waals surface area contributed by atoms with Crippen molar-refractivity contribution in [2.45, 2.75) is 0 Å². The Morgan fingerprint density at radius 1 is 1.00 bits per heavy atom. The minimum Gasteiger partial charge on any atom is -0.399 e. The number of anilines is 1. The monoisotopic (exact) mass is 187 g/mol. The van der Waals surface area contributed by atoms with Crippen molar-refractivity contribution in [3.05, 3.63) is 48.7 Å². The second kappa shape index (κ2) is 3.38. The van der Waals surface area contributed by atoms with Crippen LogP contribution in [-0.4, -0.2) is 5.21 Å². The van der Waals surface area contributed by atoms with Crippen molar-refractivity contribution in [3.63, 3.8) is 0 Å². The molecule has 0 atom stereocenters. The molecule has 0 fully saturated rings. The van der Waals surface area contributed by atoms with Crippen molar-refractivity contribution in [2.24, 2.45) is 0 Å². The Kier molecular flexibility index (Phi) is 2.07. The minimum atomic E-state index is 0.717. The van der Waals surface area contributed by atoms with Gasteiger partial charge in [-0.15, -0.1) is 0 Å². The molecule has 1 heterocycles. The number of benzene rings is 1. The van der Waals surface area contributed by atoms with Gasteiger partial charge in [0.25, 0.3) is 5.69 Å². The van der Waals surface area contributed by atoms with Crippen LogP contribution in [0.25, 0.3) is 11.3 Å². The molecule has 1 aromatic heterocycles. The van der Waals surface area contributed by atoms with Crippen LogP contribution >= 0.6 is 0 Å². The Labute approximate surface area is 82.0 Å². The Hall–Kier alpha value is -2.03. The fourth-order valence-electron chi connectivity index (χ4n) is 1.32. The summed E-state index contributed by atoms with van der Waals surface area (Å²) in [6.07, 6.45) is 1.59. The van der Waals surface area contributed by atoms with Gasteiger partial charge in [-0.1, -0.05) is 0 Å². The summed E-state index contributed by atoms with van der Waals surface area (Å²) in [4.78, 5) is 0. The van der Waals surface area contributed by atoms with Crippen molar-refractivity contribution < 1.29 is 9.94 Å². The number of hydrogen-bond donors (Lipinski definition) is 2. The van der Waals surface area contributed by atoms with Gasteiger partial charge in [-0.2, -0.15) is 0 Å². The van der Waals surface area contributed by atoms with E-state index < -0.39 is 0 Å². The maximum Gasteiger partial charge on any atom is 0.264 e. The first-order valence-electron chi connectivity index (χ1n) is 4.33. The smallest absolute Gasteiger partial charge is 0.264 e. The molecule has 0 aliphatic carbocycles. The van der Waals surface area contributed by atoms with E-state index in [4.69, 9.17) is 5.73 Å². The summed E-state index contributed by atoms with van der Waals surface area (Å²) in [5, 5.41) is 9.52. The van der Waals surface area contributed by atoms with Crippen molar-refractivity contribution in [1.82, 2.24) is 0 Å². The highest BCUT2D eigenvalue weighted by atomic mass is 16.5. The second-order valence-electron chi connectivity index (χ2n) is 3.05. The van der Waals surface area contributed by atoms with E-state index in [0.717, 1.165) is 16.0 Å². The Bertz CT molecular complexity index is 437. The van der Waals surface area contributed by atoms with E-state index >= 15 is 0 Å². The third-order valence-electron chi connectivity index (χ3n) is 2.05. The fourth-order valence-corrected chi connectivity index (χ4v) is 1.32. The van der Waals surface area contributed by atoms with Crippen LogP contribution in [0.3, 0.4) is 0 Å². The highest BCUT2D eigenvalue weighted by Gasteiger charge is 2.09. The minimum absolute atomic E-state index is 0.717. The molecule has 0 aliphatic heterocycles. The second-order valence-corrected chi connectivity index (χ2v) is 3.05. The number of nitrogen functional groups attached to an aromatic ring is 1. The summed E-state index contributed by atoms with van der Waals surface area (Å²) in [6.45, 7) is 0. The maximum atomic E-state index is 9.52. The summed E-state index contributed by atoms with van der Waals surface area (Å²) >= 11 is 0. The molecule has 0 bridgehead atoms. The molecule has 3 nitrogen and oxygen atoms in total. The number of nitrogens with zero attached hydrogens (tertiary/aromatic N) is 1. The van der Waals surface area contributed by atoms with Crippen LogP contribution in [0.5, 0.6) is 0 Å². The summed E-state index contributed by atoms with van der Waals surface area (Å²) in [5.41, 5.74) is 7.97. The van der Waals surface area contributed by atoms with E-state index in [1.165, 1.54) is 0 Å². The van der Waals surface area contributed by atoms with Crippen LogP contribution in [0.4, 0.5) is 5.69 Å². The first kappa shape index (κ1) is 8.56. The van der Waals surface area contributed by atoms with Crippen LogP contribution in [0.1, 0.15) is 0 Å². The van der Waals surface area contributed by atoms with Gasteiger partial charge in [-0.05, 0) is 30.3 Å². The zero-order chi connectivity index (χ0) is 9.97. The molecule has 2 rings (SSSR count). The van der Waals surface area contributed by atoms with Crippen molar-refractivity contribution in [3.8, 4) is 11.3 Å². The Morgan fingerprint density at radius 3 is 2.36 bits per heavy atom. The van der Waals surface area contributed by atoms with E-state index in [0.29, 0.717) is 5.69 Å². The molecule has 0 spiro atoms. The van der Waals surface area contributed by atoms with E-state index in [-0.39, 0.29) is 0 Å². The van der Waals surface area contributed by atoms with E-state index in [2.05, 4.69) is 0 Å². The number of nitrogens with two attached hydrogens (primary N) is 1. The van der Waals surface area contributed by atoms with Crippen molar-refractivity contribution in [2.75, 3.05) is 5.73 Å². The van der Waals surface area contributed by atoms with Gasteiger partial charge in [0.1, 0.15) is 0 Å². The lowest BCUT2D eigenvalue weighted by molar-refractivity contribution is -0.896. The van der Waals surface area contributed by atoms with Crippen LogP contribution < -0.4 is 10.5 Å². The lowest BCUT2D eigenvalue weighted by atomic mass is 10.1. The van der Waals surface area contributed by atoms with Crippen molar-refractivity contribution in [1.29, 1.82) is 0 Å². The molecule has 0 saturated carbocycles. The molecule has 0 radical (unpaired) electrons. The summed E-state index contributed by atoms with van der Waals surface area (Å²) in [6, 6.07) is 12.8. The topological polar surface area (TPSA) is 50.1 Å². The highest BCUT2D eigenvalue weighted by molar-refractivity contribution is 5.59. The van der Waals surface area contributed by atoms with Gasteiger partial charge in [0, 0.05) is 22.6 Å². The number of rotatable bonds is 1. The molecule has 3 heteroatoms. The first-order valence-corrected chi connectivity index (χ1v) is 4.33. The van der Waals surface area contributed by atoms with Crippen molar-refractivity contribution >= 4 is 5.69 Å². The lowest BCUT2D eigenvalue weighted by Crippen LogP contribution is -2.31. The van der Waals surface area contributed by atoms with Gasteiger partial charge in [-0.3, -0.25) is 5.21 Å². The highest BCUT2D eigenvalue weighted by Crippen LogP contribution is 2.15. The quantitative estimate of drug-likeness (QED) is 0.403. The Morgan fingerprint density at radius 2 is 1.71 bits per heavy atom. The van der Waals surface area contributed by atoms with Gasteiger partial charge in [0.05, 0.1) is 5.56 Å². The van der Waals surface area contributed by atoms with Gasteiger partial charge in [0.15, 0.2) is 0 Å². The Balaban J connectivity index is 2.50. The molecule has 1 aromatic carbocycles. The molecule has 2 aromatic rings. The molecule has 14 heavy (non-hydrogen) atoms. The molecule has 0 amide bonds. The SMILES string of the molecule is Nc1ccc(-c2cccc[n+]2O)cc1. The van der Waals surface area contributed by atoms with Crippen LogP contribution in [-0.2, 0) is 0 Å². The number of hydrogen-bond acceptors (Lipinski definition) is 2. The van der Waals surface area contributed by atoms with Gasteiger partial charge in [-0.25, -0.2) is 0 Å². The molecule has 0 saturated heterocycles. The van der Waals surface area contributed by atoms with Gasteiger partial charge in [0.2, 0.25) is 6.20 Å². The summed E-state index contributed by atoms with van der Waals surface area (Å²) in [7, 11) is 0. The third-order valence-corrected chi connectivity index (χ3v) is 2.05. The first-order chi connectivity index (χ1) is 6.77. The number of pyridine rings is 1. The molecular formula is C11H11N2O+. The summed E-state index contributed by atoms with van der Waals surface area (Å²) in [5.74, 6) is 0. The lowest BCUT2D eigenvalue weighted by Gasteiger charge is -1.97. The fraction of sp³-hybridized carbons (Fsp3) is 0. The molecular weight excluding hydrogens is 176 g/mol. The normalized spacial score (nSPS) is 10.0. The zero-order valence-corrected chi connectivity index (χ0v) is 7.59. The molecule has 0 aliphatic rings. The van der Waals surface area contributed by atoms with Crippen LogP contribution in [0, 0.1) is 0 Å². The van der Waals surface area contributed by atoms with Gasteiger partial charge >= 0.3 is 0 Å². The van der Waals surface area contributed by atoms with E-state index in [1.54, 1.807) is 12.3 Å². The van der Waals surface area contributed by atoms with Gasteiger partial charge < -0.3 is 5.73 Å². The third kappa shape index (κ3) is 1.52. The summed E-state index contributed by atoms with van der Waals surface area (Å²) < 4.78 is 1.09. The largest absolute Gasteiger partial charge is 0.399 e. The predicted octanol–water partition coefficient (Wildman–Crippen LogP) is 1.46. The van der Waals surface area contributed by atoms with E-state index in [9.17, 15) is 5.21 Å². The molecule has 3 N–H and O–H groups in total. The predicted molar refractivity (Wildman–Crippen MR) is 53.7 cm³/mol. The molecule has 0 unspecified atom stereocenters. The maximum absolute atomic E-state index is 9.52. The standard InChI is InChI=1S/C11H10N2O/c12-10-6-4-9(5-7-10)11-3-1-2-8-13(11)14/h1-8,12,14H/p+1. The van der Waals surface area contributed by atoms with Crippen LogP contribution in [0.15, 0.2) is 48.7 Å².